The number of anilines is 3. The molecule has 0 aliphatic heterocycles. The maximum atomic E-state index is 11.8. The number of benzene rings is 1. The average molecular weight is 325 g/mol. The summed E-state index contributed by atoms with van der Waals surface area (Å²) in [5.41, 5.74) is 7.84. The number of nitrogen functional groups attached to an aromatic ring is 1. The Labute approximate surface area is 137 Å². The lowest BCUT2D eigenvalue weighted by Gasteiger charge is -2.07. The summed E-state index contributed by atoms with van der Waals surface area (Å²) in [4.78, 5) is 25.3. The molecule has 116 valence electrons. The minimum atomic E-state index is 0.100. The molecule has 0 radical (unpaired) electrons. The topological polar surface area (TPSA) is 93.8 Å². The van der Waals surface area contributed by atoms with Crippen molar-refractivity contribution in [3.8, 4) is 10.6 Å². The zero-order valence-corrected chi connectivity index (χ0v) is 13.3. The Kier molecular flexibility index (Phi) is 4.29. The maximum Gasteiger partial charge on any atom is 0.227 e. The molecule has 0 fully saturated rings. The third-order valence-electron chi connectivity index (χ3n) is 3.19. The molecule has 0 aliphatic rings. The van der Waals surface area contributed by atoms with Gasteiger partial charge in [-0.1, -0.05) is 30.4 Å². The molecule has 7 heteroatoms. The van der Waals surface area contributed by atoms with Gasteiger partial charge in [-0.25, -0.2) is 15.0 Å². The van der Waals surface area contributed by atoms with Gasteiger partial charge in [-0.15, -0.1) is 0 Å². The van der Waals surface area contributed by atoms with E-state index in [-0.39, 0.29) is 5.78 Å². The van der Waals surface area contributed by atoms with Crippen LogP contribution >= 0.6 is 11.3 Å². The largest absolute Gasteiger partial charge is 0.375 e. The predicted molar refractivity (Wildman–Crippen MR) is 91.9 cm³/mol. The highest BCUT2D eigenvalue weighted by Gasteiger charge is 2.07. The fourth-order valence-electron chi connectivity index (χ4n) is 2.07. The first-order chi connectivity index (χ1) is 11.2. The zero-order chi connectivity index (χ0) is 16.2. The number of nitrogens with zero attached hydrogens (tertiary/aromatic N) is 3. The number of nitrogens with two attached hydrogens (primary N) is 1. The van der Waals surface area contributed by atoms with E-state index in [1.807, 2.05) is 19.1 Å². The number of nitrogens with one attached hydrogen (secondary N) is 1. The van der Waals surface area contributed by atoms with Crippen molar-refractivity contribution in [2.24, 2.45) is 0 Å². The van der Waals surface area contributed by atoms with Crippen molar-refractivity contribution in [1.29, 1.82) is 0 Å². The van der Waals surface area contributed by atoms with Crippen molar-refractivity contribution in [2.45, 2.75) is 13.3 Å². The zero-order valence-electron chi connectivity index (χ0n) is 12.5. The first-order valence-electron chi connectivity index (χ1n) is 7.10. The van der Waals surface area contributed by atoms with Gasteiger partial charge in [0.25, 0.3) is 0 Å². The van der Waals surface area contributed by atoms with Crippen molar-refractivity contribution < 1.29 is 4.79 Å². The highest BCUT2D eigenvalue weighted by atomic mass is 32.1. The van der Waals surface area contributed by atoms with E-state index in [0.717, 1.165) is 16.3 Å². The van der Waals surface area contributed by atoms with Crippen LogP contribution in [0.1, 0.15) is 23.7 Å². The minimum Gasteiger partial charge on any atom is -0.375 e. The fourth-order valence-corrected chi connectivity index (χ4v) is 2.72. The SMILES string of the molecule is CCC(=O)c1cccc(Nc2nccc(-c3cnc(N)s3)n2)c1. The highest BCUT2D eigenvalue weighted by Crippen LogP contribution is 2.26. The number of ketones is 1. The van der Waals surface area contributed by atoms with Gasteiger partial charge in [0, 0.05) is 30.1 Å². The Morgan fingerprint density at radius 1 is 1.30 bits per heavy atom. The molecule has 3 N–H and O–H groups in total. The summed E-state index contributed by atoms with van der Waals surface area (Å²) in [5, 5.41) is 3.62. The minimum absolute atomic E-state index is 0.100. The fraction of sp³-hybridized carbons (Fsp3) is 0.125. The summed E-state index contributed by atoms with van der Waals surface area (Å²) >= 11 is 1.37. The summed E-state index contributed by atoms with van der Waals surface area (Å²) in [5.74, 6) is 0.555. The van der Waals surface area contributed by atoms with Crippen molar-refractivity contribution >= 4 is 33.9 Å². The molecule has 3 rings (SSSR count). The molecule has 0 unspecified atom stereocenters. The van der Waals surface area contributed by atoms with Crippen molar-refractivity contribution in [3.63, 3.8) is 0 Å². The van der Waals surface area contributed by atoms with Crippen molar-refractivity contribution in [2.75, 3.05) is 11.1 Å². The number of rotatable bonds is 5. The van der Waals surface area contributed by atoms with E-state index in [1.165, 1.54) is 11.3 Å². The van der Waals surface area contributed by atoms with E-state index in [4.69, 9.17) is 5.73 Å². The van der Waals surface area contributed by atoms with E-state index in [2.05, 4.69) is 20.3 Å². The Bertz CT molecular complexity index is 846. The Morgan fingerprint density at radius 2 is 2.17 bits per heavy atom. The quantitative estimate of drug-likeness (QED) is 0.697. The smallest absolute Gasteiger partial charge is 0.227 e. The van der Waals surface area contributed by atoms with Gasteiger partial charge >= 0.3 is 0 Å². The van der Waals surface area contributed by atoms with Crippen molar-refractivity contribution in [3.05, 3.63) is 48.3 Å². The van der Waals surface area contributed by atoms with Gasteiger partial charge in [-0.3, -0.25) is 4.79 Å². The van der Waals surface area contributed by atoms with E-state index < -0.39 is 0 Å². The van der Waals surface area contributed by atoms with Gasteiger partial charge in [0.1, 0.15) is 0 Å². The van der Waals surface area contributed by atoms with E-state index in [9.17, 15) is 4.79 Å². The molecule has 0 atom stereocenters. The molecule has 6 nitrogen and oxygen atoms in total. The second kappa shape index (κ2) is 6.53. The third kappa shape index (κ3) is 3.51. The van der Waals surface area contributed by atoms with E-state index in [0.29, 0.717) is 23.1 Å². The van der Waals surface area contributed by atoms with Crippen LogP contribution in [0.2, 0.25) is 0 Å². The monoisotopic (exact) mass is 325 g/mol. The van der Waals surface area contributed by atoms with Crippen LogP contribution in [-0.2, 0) is 0 Å². The predicted octanol–water partition coefficient (Wildman–Crippen LogP) is 3.52. The molecular weight excluding hydrogens is 310 g/mol. The van der Waals surface area contributed by atoms with Crippen LogP contribution in [0, 0.1) is 0 Å². The number of thiazole rings is 1. The van der Waals surface area contributed by atoms with Crippen LogP contribution in [0.15, 0.2) is 42.7 Å². The van der Waals surface area contributed by atoms with Gasteiger partial charge in [0.2, 0.25) is 5.95 Å². The van der Waals surface area contributed by atoms with Crippen LogP contribution in [0.25, 0.3) is 10.6 Å². The molecule has 0 amide bonds. The Morgan fingerprint density at radius 3 is 2.91 bits per heavy atom. The molecule has 23 heavy (non-hydrogen) atoms. The number of aromatic nitrogens is 3. The third-order valence-corrected chi connectivity index (χ3v) is 4.04. The van der Waals surface area contributed by atoms with Crippen LogP contribution in [-0.4, -0.2) is 20.7 Å². The standard InChI is InChI=1S/C16H15N5OS/c1-2-13(22)10-4-3-5-11(8-10)20-16-18-7-6-12(21-16)14-9-19-15(17)23-14/h3-9H,2H2,1H3,(H2,17,19)(H,18,20,21). The molecular formula is C16H15N5OS. The maximum absolute atomic E-state index is 11.8. The average Bonchev–Trinajstić information content (AvgIpc) is 3.01. The van der Waals surface area contributed by atoms with Gasteiger partial charge in [-0.05, 0) is 18.2 Å². The van der Waals surface area contributed by atoms with Crippen LogP contribution in [0.5, 0.6) is 0 Å². The molecule has 0 spiro atoms. The highest BCUT2D eigenvalue weighted by molar-refractivity contribution is 7.18. The number of hydrogen-bond acceptors (Lipinski definition) is 7. The molecule has 2 aromatic heterocycles. The van der Waals surface area contributed by atoms with Gasteiger partial charge in [0.15, 0.2) is 10.9 Å². The Hall–Kier alpha value is -2.80. The van der Waals surface area contributed by atoms with Crippen LogP contribution < -0.4 is 11.1 Å². The van der Waals surface area contributed by atoms with Crippen molar-refractivity contribution in [1.82, 2.24) is 15.0 Å². The molecule has 2 heterocycles. The molecule has 0 aliphatic carbocycles. The summed E-state index contributed by atoms with van der Waals surface area (Å²) in [6, 6.07) is 9.10. The van der Waals surface area contributed by atoms with Crippen LogP contribution in [0.4, 0.5) is 16.8 Å². The second-order valence-corrected chi connectivity index (χ2v) is 5.87. The molecule has 1 aromatic carbocycles. The summed E-state index contributed by atoms with van der Waals surface area (Å²) in [6.45, 7) is 1.84. The first-order valence-corrected chi connectivity index (χ1v) is 7.92. The molecule has 3 aromatic rings. The van der Waals surface area contributed by atoms with Crippen LogP contribution in [0.3, 0.4) is 0 Å². The van der Waals surface area contributed by atoms with Gasteiger partial charge in [0.05, 0.1) is 10.6 Å². The molecule has 0 saturated carbocycles. The lowest BCUT2D eigenvalue weighted by molar-refractivity contribution is 0.0988. The number of carbonyl (C=O) groups is 1. The number of Topliss-reactive ketones (excluding diaryl/α,β-unsaturated/α-hetero) is 1. The van der Waals surface area contributed by atoms with E-state index >= 15 is 0 Å². The number of carbonyl (C=O) groups excluding carboxylic acids is 1. The lowest BCUT2D eigenvalue weighted by atomic mass is 10.1. The molecule has 0 bridgehead atoms. The van der Waals surface area contributed by atoms with Gasteiger partial charge < -0.3 is 11.1 Å². The second-order valence-electron chi connectivity index (χ2n) is 4.81. The summed E-state index contributed by atoms with van der Waals surface area (Å²) in [6.07, 6.45) is 3.83. The Balaban J connectivity index is 1.85. The first kappa shape index (κ1) is 15.1. The summed E-state index contributed by atoms with van der Waals surface area (Å²) < 4.78 is 0. The van der Waals surface area contributed by atoms with Gasteiger partial charge in [-0.2, -0.15) is 0 Å². The normalized spacial score (nSPS) is 10.5. The lowest BCUT2D eigenvalue weighted by Crippen LogP contribution is -2.00. The number of hydrogen-bond donors (Lipinski definition) is 2. The molecule has 0 saturated heterocycles. The van der Waals surface area contributed by atoms with E-state index in [1.54, 1.807) is 30.6 Å². The summed E-state index contributed by atoms with van der Waals surface area (Å²) in [7, 11) is 0.